The molecule has 32 heavy (non-hydrogen) atoms. The molecule has 2 heterocycles. The lowest BCUT2D eigenvalue weighted by Gasteiger charge is -2.05. The Morgan fingerprint density at radius 1 is 1.12 bits per heavy atom. The third kappa shape index (κ3) is 5.54. The number of aromatic nitrogens is 3. The standard InChI is InChI=1S/C22H20FN5O3S/c23-15-4-3-5-16(10-15)26-21(30)22-28-27-20(32-22)13-31-12-19(29)24-9-8-14-11-25-18-7-2-1-6-17(14)18/h1-7,10-11,25H,8-9,12-13H2,(H,24,29)(H,26,30). The van der Waals surface area contributed by atoms with Crippen LogP contribution in [0.3, 0.4) is 0 Å². The van der Waals surface area contributed by atoms with Crippen molar-refractivity contribution in [2.75, 3.05) is 18.5 Å². The van der Waals surface area contributed by atoms with Gasteiger partial charge < -0.3 is 20.4 Å². The lowest BCUT2D eigenvalue weighted by atomic mass is 10.1. The normalized spacial score (nSPS) is 10.9. The van der Waals surface area contributed by atoms with E-state index in [0.717, 1.165) is 27.8 Å². The number of hydrogen-bond acceptors (Lipinski definition) is 6. The van der Waals surface area contributed by atoms with Crippen LogP contribution in [0.2, 0.25) is 0 Å². The highest BCUT2D eigenvalue weighted by molar-refractivity contribution is 7.13. The number of hydrogen-bond donors (Lipinski definition) is 3. The van der Waals surface area contributed by atoms with Crippen LogP contribution in [0.25, 0.3) is 10.9 Å². The first kappa shape index (κ1) is 21.6. The predicted molar refractivity (Wildman–Crippen MR) is 119 cm³/mol. The van der Waals surface area contributed by atoms with E-state index < -0.39 is 11.7 Å². The number of para-hydroxylation sites is 1. The Morgan fingerprint density at radius 2 is 2.00 bits per heavy atom. The van der Waals surface area contributed by atoms with Crippen LogP contribution >= 0.6 is 11.3 Å². The van der Waals surface area contributed by atoms with Crippen molar-refractivity contribution in [1.82, 2.24) is 20.5 Å². The van der Waals surface area contributed by atoms with Crippen molar-refractivity contribution in [3.8, 4) is 0 Å². The number of carbonyl (C=O) groups is 2. The van der Waals surface area contributed by atoms with Gasteiger partial charge in [0.1, 0.15) is 24.0 Å². The zero-order valence-corrected chi connectivity index (χ0v) is 17.7. The second-order valence-corrected chi connectivity index (χ2v) is 7.98. The molecule has 0 unspecified atom stereocenters. The first-order chi connectivity index (χ1) is 15.6. The summed E-state index contributed by atoms with van der Waals surface area (Å²) in [6.45, 7) is 0.423. The fraction of sp³-hybridized carbons (Fsp3) is 0.182. The lowest BCUT2D eigenvalue weighted by Crippen LogP contribution is -2.29. The zero-order chi connectivity index (χ0) is 22.3. The number of anilines is 1. The Labute approximate surface area is 186 Å². The van der Waals surface area contributed by atoms with Crippen LogP contribution < -0.4 is 10.6 Å². The van der Waals surface area contributed by atoms with E-state index >= 15 is 0 Å². The monoisotopic (exact) mass is 453 g/mol. The van der Waals surface area contributed by atoms with Gasteiger partial charge in [-0.25, -0.2) is 4.39 Å². The van der Waals surface area contributed by atoms with E-state index in [9.17, 15) is 14.0 Å². The van der Waals surface area contributed by atoms with Crippen molar-refractivity contribution in [2.24, 2.45) is 0 Å². The molecule has 0 bridgehead atoms. The van der Waals surface area contributed by atoms with Crippen LogP contribution in [0.15, 0.2) is 54.7 Å². The average Bonchev–Trinajstić information content (AvgIpc) is 3.41. The van der Waals surface area contributed by atoms with Crippen molar-refractivity contribution in [3.63, 3.8) is 0 Å². The molecule has 0 aliphatic carbocycles. The molecule has 0 aliphatic rings. The maximum atomic E-state index is 13.2. The van der Waals surface area contributed by atoms with Crippen LogP contribution in [-0.4, -0.2) is 40.1 Å². The van der Waals surface area contributed by atoms with E-state index in [1.165, 1.54) is 18.2 Å². The fourth-order valence-electron chi connectivity index (χ4n) is 3.11. The van der Waals surface area contributed by atoms with Crippen molar-refractivity contribution >= 4 is 39.7 Å². The molecular weight excluding hydrogens is 433 g/mol. The Bertz CT molecular complexity index is 1240. The van der Waals surface area contributed by atoms with Gasteiger partial charge in [0.05, 0.1) is 0 Å². The quantitative estimate of drug-likeness (QED) is 0.360. The topological polar surface area (TPSA) is 109 Å². The smallest absolute Gasteiger partial charge is 0.286 e. The molecule has 2 amide bonds. The van der Waals surface area contributed by atoms with Crippen molar-refractivity contribution in [2.45, 2.75) is 13.0 Å². The van der Waals surface area contributed by atoms with Gasteiger partial charge in [-0.15, -0.1) is 10.2 Å². The highest BCUT2D eigenvalue weighted by Crippen LogP contribution is 2.18. The number of benzene rings is 2. The molecule has 0 radical (unpaired) electrons. The summed E-state index contributed by atoms with van der Waals surface area (Å²) in [6, 6.07) is 13.6. The number of ether oxygens (including phenoxy) is 1. The fourth-order valence-corrected chi connectivity index (χ4v) is 3.78. The summed E-state index contributed by atoms with van der Waals surface area (Å²) in [4.78, 5) is 27.4. The summed E-state index contributed by atoms with van der Waals surface area (Å²) in [5, 5.41) is 14.8. The van der Waals surface area contributed by atoms with E-state index in [1.807, 2.05) is 30.5 Å². The lowest BCUT2D eigenvalue weighted by molar-refractivity contribution is -0.126. The van der Waals surface area contributed by atoms with Gasteiger partial charge in [0.2, 0.25) is 10.9 Å². The van der Waals surface area contributed by atoms with Gasteiger partial charge in [0.15, 0.2) is 0 Å². The first-order valence-electron chi connectivity index (χ1n) is 9.87. The molecular formula is C22H20FN5O3S. The third-order valence-electron chi connectivity index (χ3n) is 4.59. The summed E-state index contributed by atoms with van der Waals surface area (Å²) < 4.78 is 18.6. The van der Waals surface area contributed by atoms with Crippen LogP contribution in [0.5, 0.6) is 0 Å². The SMILES string of the molecule is O=C(COCc1nnc(C(=O)Nc2cccc(F)c2)s1)NCCc1c[nH]c2ccccc12. The van der Waals surface area contributed by atoms with Crippen LogP contribution in [0, 0.1) is 5.82 Å². The third-order valence-corrected chi connectivity index (χ3v) is 5.49. The van der Waals surface area contributed by atoms with E-state index in [-0.39, 0.29) is 24.1 Å². The Morgan fingerprint density at radius 3 is 2.88 bits per heavy atom. The molecule has 4 aromatic rings. The Hall–Kier alpha value is -3.63. The Kier molecular flexibility index (Phi) is 6.83. The average molecular weight is 453 g/mol. The molecule has 2 aromatic carbocycles. The molecule has 0 spiro atoms. The van der Waals surface area contributed by atoms with E-state index in [4.69, 9.17) is 4.74 Å². The number of nitrogens with zero attached hydrogens (tertiary/aromatic N) is 2. The summed E-state index contributed by atoms with van der Waals surface area (Å²) in [5.74, 6) is -1.18. The summed E-state index contributed by atoms with van der Waals surface area (Å²) in [6.07, 6.45) is 2.65. The minimum Gasteiger partial charge on any atom is -0.364 e. The number of H-pyrrole nitrogens is 1. The van der Waals surface area contributed by atoms with Gasteiger partial charge in [0.25, 0.3) is 5.91 Å². The van der Waals surface area contributed by atoms with Gasteiger partial charge in [-0.3, -0.25) is 9.59 Å². The maximum absolute atomic E-state index is 13.2. The molecule has 0 atom stereocenters. The molecule has 0 saturated carbocycles. The molecule has 0 saturated heterocycles. The first-order valence-corrected chi connectivity index (χ1v) is 10.7. The van der Waals surface area contributed by atoms with Gasteiger partial charge in [-0.1, -0.05) is 35.6 Å². The number of amides is 2. The number of rotatable bonds is 9. The minimum absolute atomic E-state index is 0.0563. The largest absolute Gasteiger partial charge is 0.364 e. The number of fused-ring (bicyclic) bond motifs is 1. The molecule has 0 fully saturated rings. The van der Waals surface area contributed by atoms with E-state index in [2.05, 4.69) is 25.8 Å². The van der Waals surface area contributed by atoms with Crippen LogP contribution in [0.4, 0.5) is 10.1 Å². The Balaban J connectivity index is 1.18. The van der Waals surface area contributed by atoms with E-state index in [0.29, 0.717) is 23.7 Å². The van der Waals surface area contributed by atoms with Gasteiger partial charge in [-0.05, 0) is 36.2 Å². The zero-order valence-electron chi connectivity index (χ0n) is 16.9. The van der Waals surface area contributed by atoms with Gasteiger partial charge >= 0.3 is 0 Å². The van der Waals surface area contributed by atoms with Crippen LogP contribution in [-0.2, 0) is 22.6 Å². The highest BCUT2D eigenvalue weighted by Gasteiger charge is 2.14. The molecule has 3 N–H and O–H groups in total. The minimum atomic E-state index is -0.491. The van der Waals surface area contributed by atoms with Crippen molar-refractivity contribution in [3.05, 3.63) is 76.1 Å². The second kappa shape index (κ2) is 10.1. The molecule has 0 aliphatic heterocycles. The number of nitrogens with one attached hydrogen (secondary N) is 3. The van der Waals surface area contributed by atoms with Crippen LogP contribution in [0.1, 0.15) is 20.4 Å². The molecule has 164 valence electrons. The number of halogens is 1. The second-order valence-electron chi connectivity index (χ2n) is 6.92. The predicted octanol–water partition coefficient (Wildman–Crippen LogP) is 3.29. The maximum Gasteiger partial charge on any atom is 0.286 e. The number of carbonyl (C=O) groups excluding carboxylic acids is 2. The van der Waals surface area contributed by atoms with Crippen molar-refractivity contribution in [1.29, 1.82) is 0 Å². The molecule has 4 rings (SSSR count). The van der Waals surface area contributed by atoms with Crippen molar-refractivity contribution < 1.29 is 18.7 Å². The summed E-state index contributed by atoms with van der Waals surface area (Å²) >= 11 is 1.05. The van der Waals surface area contributed by atoms with E-state index in [1.54, 1.807) is 6.07 Å². The van der Waals surface area contributed by atoms with Gasteiger partial charge in [0, 0.05) is 29.3 Å². The molecule has 8 nitrogen and oxygen atoms in total. The molecule has 2 aromatic heterocycles. The van der Waals surface area contributed by atoms with Gasteiger partial charge in [-0.2, -0.15) is 0 Å². The summed E-state index contributed by atoms with van der Waals surface area (Å²) in [5.41, 5.74) is 2.53. The highest BCUT2D eigenvalue weighted by atomic mass is 32.1. The molecule has 10 heteroatoms. The number of aromatic amines is 1. The summed E-state index contributed by atoms with van der Waals surface area (Å²) in [7, 11) is 0.